The molecule has 0 saturated heterocycles. The van der Waals surface area contributed by atoms with Crippen LogP contribution in [0.1, 0.15) is 35.4 Å². The average molecular weight is 331 g/mol. The number of rotatable bonds is 5. The third kappa shape index (κ3) is 3.63. The Hall–Kier alpha value is -2.88. The molecule has 2 heterocycles. The number of carbonyl (C=O) groups is 1. The maximum absolute atomic E-state index is 12.1. The van der Waals surface area contributed by atoms with E-state index in [0.29, 0.717) is 6.42 Å². The Kier molecular flexibility index (Phi) is 4.34. The van der Waals surface area contributed by atoms with Gasteiger partial charge >= 0.3 is 0 Å². The fraction of sp³-hybridized carbons (Fsp3) is 0.238. The Morgan fingerprint density at radius 3 is 2.40 bits per heavy atom. The van der Waals surface area contributed by atoms with Crippen molar-refractivity contribution in [2.45, 2.75) is 31.7 Å². The van der Waals surface area contributed by atoms with E-state index in [0.717, 1.165) is 30.8 Å². The summed E-state index contributed by atoms with van der Waals surface area (Å²) in [4.78, 5) is 12.1. The highest BCUT2D eigenvalue weighted by Crippen LogP contribution is 2.34. The SMILES string of the molecule is O=C1CC(CCc2ccccc2)c2cn(Cc3ccccc3)nc2N1. The molecule has 1 aliphatic heterocycles. The number of aromatic nitrogens is 2. The first-order valence-electron chi connectivity index (χ1n) is 8.73. The first-order chi connectivity index (χ1) is 12.3. The third-order valence-corrected chi connectivity index (χ3v) is 4.73. The summed E-state index contributed by atoms with van der Waals surface area (Å²) in [6, 6.07) is 20.7. The van der Waals surface area contributed by atoms with Crippen molar-refractivity contribution >= 4 is 11.7 Å². The van der Waals surface area contributed by atoms with E-state index >= 15 is 0 Å². The van der Waals surface area contributed by atoms with Crippen molar-refractivity contribution in [2.24, 2.45) is 0 Å². The molecule has 126 valence electrons. The molecule has 25 heavy (non-hydrogen) atoms. The maximum atomic E-state index is 12.1. The molecule has 3 aromatic rings. The summed E-state index contributed by atoms with van der Waals surface area (Å²) in [5, 5.41) is 7.51. The summed E-state index contributed by atoms with van der Waals surface area (Å²) in [7, 11) is 0. The molecule has 0 saturated carbocycles. The van der Waals surface area contributed by atoms with E-state index in [-0.39, 0.29) is 11.8 Å². The van der Waals surface area contributed by atoms with Crippen LogP contribution in [0.2, 0.25) is 0 Å². The minimum Gasteiger partial charge on any atom is -0.309 e. The minimum atomic E-state index is 0.0653. The number of aryl methyl sites for hydroxylation is 1. The summed E-state index contributed by atoms with van der Waals surface area (Å²) in [6.07, 6.45) is 4.57. The van der Waals surface area contributed by atoms with Crippen molar-refractivity contribution in [2.75, 3.05) is 5.32 Å². The van der Waals surface area contributed by atoms with Crippen LogP contribution < -0.4 is 5.32 Å². The van der Waals surface area contributed by atoms with Crippen LogP contribution in [0.3, 0.4) is 0 Å². The predicted molar refractivity (Wildman–Crippen MR) is 98.5 cm³/mol. The Morgan fingerprint density at radius 1 is 1.00 bits per heavy atom. The van der Waals surface area contributed by atoms with Crippen molar-refractivity contribution in [3.05, 3.63) is 83.6 Å². The van der Waals surface area contributed by atoms with Gasteiger partial charge in [0.25, 0.3) is 0 Å². The van der Waals surface area contributed by atoms with E-state index < -0.39 is 0 Å². The van der Waals surface area contributed by atoms with Gasteiger partial charge in [-0.25, -0.2) is 0 Å². The van der Waals surface area contributed by atoms with Gasteiger partial charge in [0.1, 0.15) is 0 Å². The molecule has 1 atom stereocenters. The second kappa shape index (κ2) is 6.93. The highest BCUT2D eigenvalue weighted by molar-refractivity contribution is 5.93. The van der Waals surface area contributed by atoms with Gasteiger partial charge in [0.15, 0.2) is 5.82 Å². The maximum Gasteiger partial charge on any atom is 0.226 e. The number of carbonyl (C=O) groups excluding carboxylic acids is 1. The lowest BCUT2D eigenvalue weighted by Crippen LogP contribution is -2.22. The lowest BCUT2D eigenvalue weighted by atomic mass is 9.88. The van der Waals surface area contributed by atoms with Crippen LogP contribution in [0.15, 0.2) is 66.9 Å². The smallest absolute Gasteiger partial charge is 0.226 e. The van der Waals surface area contributed by atoms with Crippen LogP contribution in [0.4, 0.5) is 5.82 Å². The first kappa shape index (κ1) is 15.6. The number of amides is 1. The van der Waals surface area contributed by atoms with Crippen molar-refractivity contribution < 1.29 is 4.79 Å². The van der Waals surface area contributed by atoms with Gasteiger partial charge in [0, 0.05) is 18.2 Å². The summed E-state index contributed by atoms with van der Waals surface area (Å²) in [5.74, 6) is 1.02. The molecule has 1 amide bonds. The topological polar surface area (TPSA) is 46.9 Å². The highest BCUT2D eigenvalue weighted by atomic mass is 16.1. The lowest BCUT2D eigenvalue weighted by molar-refractivity contribution is -0.116. The van der Waals surface area contributed by atoms with Crippen LogP contribution in [-0.2, 0) is 17.8 Å². The van der Waals surface area contributed by atoms with Crippen LogP contribution >= 0.6 is 0 Å². The highest BCUT2D eigenvalue weighted by Gasteiger charge is 2.27. The molecule has 2 aromatic carbocycles. The molecular formula is C21H21N3O. The predicted octanol–water partition coefficient (Wildman–Crippen LogP) is 3.99. The van der Waals surface area contributed by atoms with Gasteiger partial charge in [-0.05, 0) is 29.9 Å². The van der Waals surface area contributed by atoms with Crippen LogP contribution in [0.5, 0.6) is 0 Å². The number of nitrogens with one attached hydrogen (secondary N) is 1. The molecule has 0 fully saturated rings. The van der Waals surface area contributed by atoms with E-state index in [4.69, 9.17) is 0 Å². The zero-order valence-corrected chi connectivity index (χ0v) is 14.1. The zero-order chi connectivity index (χ0) is 17.1. The fourth-order valence-electron chi connectivity index (χ4n) is 3.44. The van der Waals surface area contributed by atoms with E-state index in [1.807, 2.05) is 28.9 Å². The first-order valence-corrected chi connectivity index (χ1v) is 8.73. The second-order valence-corrected chi connectivity index (χ2v) is 6.59. The van der Waals surface area contributed by atoms with Crippen LogP contribution in [-0.4, -0.2) is 15.7 Å². The molecule has 4 rings (SSSR count). The summed E-state index contributed by atoms with van der Waals surface area (Å²) >= 11 is 0. The Labute approximate surface area is 147 Å². The summed E-state index contributed by atoms with van der Waals surface area (Å²) < 4.78 is 1.93. The van der Waals surface area contributed by atoms with Gasteiger partial charge in [-0.3, -0.25) is 9.48 Å². The van der Waals surface area contributed by atoms with Gasteiger partial charge in [0.05, 0.1) is 6.54 Å². The monoisotopic (exact) mass is 331 g/mol. The van der Waals surface area contributed by atoms with Crippen molar-refractivity contribution in [1.29, 1.82) is 0 Å². The number of anilines is 1. The van der Waals surface area contributed by atoms with Gasteiger partial charge in [-0.2, -0.15) is 5.10 Å². The normalized spacial score (nSPS) is 16.3. The minimum absolute atomic E-state index is 0.0653. The van der Waals surface area contributed by atoms with Gasteiger partial charge < -0.3 is 5.32 Å². The molecule has 1 aliphatic rings. The van der Waals surface area contributed by atoms with Crippen LogP contribution in [0, 0.1) is 0 Å². The van der Waals surface area contributed by atoms with Crippen LogP contribution in [0.25, 0.3) is 0 Å². The Morgan fingerprint density at radius 2 is 1.68 bits per heavy atom. The third-order valence-electron chi connectivity index (χ3n) is 4.73. The van der Waals surface area contributed by atoms with Gasteiger partial charge in [-0.1, -0.05) is 60.7 Å². The average Bonchev–Trinajstić information content (AvgIpc) is 3.03. The second-order valence-electron chi connectivity index (χ2n) is 6.59. The quantitative estimate of drug-likeness (QED) is 0.768. The summed E-state index contributed by atoms with van der Waals surface area (Å²) in [6.45, 7) is 0.717. The van der Waals surface area contributed by atoms with Gasteiger partial charge in [0.2, 0.25) is 5.91 Å². The van der Waals surface area contributed by atoms with Gasteiger partial charge in [-0.15, -0.1) is 0 Å². The zero-order valence-electron chi connectivity index (χ0n) is 14.1. The number of hydrogen-bond donors (Lipinski definition) is 1. The molecule has 0 spiro atoms. The van der Waals surface area contributed by atoms with Crippen molar-refractivity contribution in [3.8, 4) is 0 Å². The number of fused-ring (bicyclic) bond motifs is 1. The van der Waals surface area contributed by atoms with E-state index in [9.17, 15) is 4.79 Å². The Balaban J connectivity index is 1.52. The summed E-state index contributed by atoms with van der Waals surface area (Å²) in [5.41, 5.74) is 3.67. The molecule has 0 radical (unpaired) electrons. The van der Waals surface area contributed by atoms with E-state index in [2.05, 4.69) is 53.0 Å². The largest absolute Gasteiger partial charge is 0.309 e. The van der Waals surface area contributed by atoms with Crippen molar-refractivity contribution in [3.63, 3.8) is 0 Å². The van der Waals surface area contributed by atoms with E-state index in [1.54, 1.807) is 0 Å². The fourth-order valence-corrected chi connectivity index (χ4v) is 3.44. The molecule has 1 unspecified atom stereocenters. The Bertz CT molecular complexity index is 855. The van der Waals surface area contributed by atoms with E-state index in [1.165, 1.54) is 11.1 Å². The molecule has 0 aliphatic carbocycles. The number of nitrogens with zero attached hydrogens (tertiary/aromatic N) is 2. The molecule has 4 nitrogen and oxygen atoms in total. The number of hydrogen-bond acceptors (Lipinski definition) is 2. The lowest BCUT2D eigenvalue weighted by Gasteiger charge is -2.21. The molecule has 1 aromatic heterocycles. The standard InChI is InChI=1S/C21H21N3O/c25-20-13-18(12-11-16-7-3-1-4-8-16)19-15-24(23-21(19)22-20)14-17-9-5-2-6-10-17/h1-10,15,18H,11-14H2,(H,22,23,25). The molecule has 1 N–H and O–H groups in total. The molecule has 4 heteroatoms. The van der Waals surface area contributed by atoms with Crippen molar-refractivity contribution in [1.82, 2.24) is 9.78 Å². The molecular weight excluding hydrogens is 310 g/mol. The molecule has 0 bridgehead atoms. The number of benzene rings is 2.